The van der Waals surface area contributed by atoms with Crippen LogP contribution in [0.15, 0.2) is 73.3 Å². The van der Waals surface area contributed by atoms with E-state index in [-0.39, 0.29) is 12.2 Å². The van der Waals surface area contributed by atoms with Crippen molar-refractivity contribution in [3.05, 3.63) is 89.3 Å². The molecular formula is C22H21NO3S. The molecule has 0 saturated carbocycles. The van der Waals surface area contributed by atoms with Gasteiger partial charge in [-0.1, -0.05) is 73.3 Å². The predicted molar refractivity (Wildman–Crippen MR) is 111 cm³/mol. The molecule has 138 valence electrons. The molecule has 0 atom stereocenters. The van der Waals surface area contributed by atoms with Gasteiger partial charge in [0.2, 0.25) is 10.0 Å². The summed E-state index contributed by atoms with van der Waals surface area (Å²) in [5.74, 6) is 0.131. The van der Waals surface area contributed by atoms with Crippen LogP contribution in [0.25, 0.3) is 22.5 Å². The fourth-order valence-electron chi connectivity index (χ4n) is 3.14. The zero-order valence-electron chi connectivity index (χ0n) is 15.0. The van der Waals surface area contributed by atoms with Crippen LogP contribution in [-0.2, 0) is 16.4 Å². The Morgan fingerprint density at radius 2 is 1.78 bits per heavy atom. The number of hydrogen-bond acceptors (Lipinski definition) is 3. The van der Waals surface area contributed by atoms with E-state index in [2.05, 4.69) is 11.3 Å². The second-order valence-corrected chi connectivity index (χ2v) is 8.05. The summed E-state index contributed by atoms with van der Waals surface area (Å²) in [4.78, 5) is 0. The van der Waals surface area contributed by atoms with Crippen molar-refractivity contribution in [1.82, 2.24) is 4.72 Å². The predicted octanol–water partition coefficient (Wildman–Crippen LogP) is 2.41. The highest BCUT2D eigenvalue weighted by Crippen LogP contribution is 2.28. The Bertz CT molecular complexity index is 1230. The highest BCUT2D eigenvalue weighted by Gasteiger charge is 2.13. The SMILES string of the molecule is C=C/C=c1/cccc/c1=C(\Cc1c(O)ccc2ccccc12)NS(C)(=O)=O. The molecule has 2 N–H and O–H groups in total. The topological polar surface area (TPSA) is 66.4 Å². The van der Waals surface area contributed by atoms with Crippen LogP contribution in [-0.4, -0.2) is 19.8 Å². The quantitative estimate of drug-likeness (QED) is 0.715. The molecule has 27 heavy (non-hydrogen) atoms. The van der Waals surface area contributed by atoms with E-state index in [0.29, 0.717) is 11.3 Å². The van der Waals surface area contributed by atoms with E-state index in [0.717, 1.165) is 27.5 Å². The lowest BCUT2D eigenvalue weighted by Gasteiger charge is -2.14. The molecule has 0 heterocycles. The van der Waals surface area contributed by atoms with Gasteiger partial charge in [-0.3, -0.25) is 4.72 Å². The fourth-order valence-corrected chi connectivity index (χ4v) is 3.77. The second-order valence-electron chi connectivity index (χ2n) is 6.30. The van der Waals surface area contributed by atoms with Crippen molar-refractivity contribution in [2.45, 2.75) is 6.42 Å². The van der Waals surface area contributed by atoms with Crippen LogP contribution in [0.4, 0.5) is 0 Å². The number of aromatic hydroxyl groups is 1. The monoisotopic (exact) mass is 379 g/mol. The molecule has 0 fully saturated rings. The third kappa shape index (κ3) is 4.38. The minimum atomic E-state index is -3.50. The molecule has 3 aromatic carbocycles. The first-order chi connectivity index (χ1) is 12.9. The van der Waals surface area contributed by atoms with Crippen molar-refractivity contribution in [2.24, 2.45) is 0 Å². The highest BCUT2D eigenvalue weighted by molar-refractivity contribution is 7.89. The molecule has 3 rings (SSSR count). The summed E-state index contributed by atoms with van der Waals surface area (Å²) >= 11 is 0. The summed E-state index contributed by atoms with van der Waals surface area (Å²) in [5.41, 5.74) is 1.17. The first kappa shape index (κ1) is 18.7. The number of rotatable bonds is 5. The minimum Gasteiger partial charge on any atom is -0.508 e. The number of sulfonamides is 1. The number of phenolic OH excluding ortho intramolecular Hbond substituents is 1. The molecule has 0 saturated heterocycles. The zero-order valence-corrected chi connectivity index (χ0v) is 15.8. The molecule has 3 aromatic rings. The summed E-state index contributed by atoms with van der Waals surface area (Å²) in [6, 6.07) is 18.7. The van der Waals surface area contributed by atoms with Crippen LogP contribution in [0.1, 0.15) is 5.56 Å². The van der Waals surface area contributed by atoms with Crippen molar-refractivity contribution in [2.75, 3.05) is 6.26 Å². The van der Waals surface area contributed by atoms with E-state index in [1.165, 1.54) is 0 Å². The number of phenols is 1. The molecule has 0 spiro atoms. The first-order valence-electron chi connectivity index (χ1n) is 8.47. The van der Waals surface area contributed by atoms with E-state index in [4.69, 9.17) is 0 Å². The average Bonchev–Trinajstić information content (AvgIpc) is 2.63. The molecule has 0 aromatic heterocycles. The standard InChI is InChI=1S/C22H21NO3S/c1-3-8-16-9-5-7-12-19(16)21(23-27(2,25)26)15-20-18-11-6-4-10-17(18)13-14-22(20)24/h3-14,23-24H,1,15H2,2H3/b16-8-,21-19-. The number of hydrogen-bond donors (Lipinski definition) is 2. The molecule has 0 aliphatic carbocycles. The van der Waals surface area contributed by atoms with Gasteiger partial charge in [0.25, 0.3) is 0 Å². The molecule has 0 bridgehead atoms. The third-order valence-electron chi connectivity index (χ3n) is 4.26. The Balaban J connectivity index is 2.31. The first-order valence-corrected chi connectivity index (χ1v) is 10.4. The van der Waals surface area contributed by atoms with Gasteiger partial charge in [-0.25, -0.2) is 8.42 Å². The van der Waals surface area contributed by atoms with Crippen LogP contribution in [0, 0.1) is 0 Å². The molecule has 0 aliphatic rings. The van der Waals surface area contributed by atoms with E-state index in [1.54, 1.807) is 12.1 Å². The van der Waals surface area contributed by atoms with Crippen molar-refractivity contribution >= 4 is 32.6 Å². The normalized spacial score (nSPS) is 13.4. The second kappa shape index (κ2) is 7.68. The lowest BCUT2D eigenvalue weighted by atomic mass is 9.99. The van der Waals surface area contributed by atoms with Crippen molar-refractivity contribution in [3.63, 3.8) is 0 Å². The Kier molecular flexibility index (Phi) is 5.33. The lowest BCUT2D eigenvalue weighted by Crippen LogP contribution is -2.34. The molecule has 0 unspecified atom stereocenters. The molecule has 4 nitrogen and oxygen atoms in total. The Labute approximate surface area is 158 Å². The highest BCUT2D eigenvalue weighted by atomic mass is 32.2. The maximum absolute atomic E-state index is 12.0. The Morgan fingerprint density at radius 3 is 2.52 bits per heavy atom. The largest absolute Gasteiger partial charge is 0.508 e. The summed E-state index contributed by atoms with van der Waals surface area (Å²) < 4.78 is 26.6. The van der Waals surface area contributed by atoms with Gasteiger partial charge in [-0.15, -0.1) is 0 Å². The molecule has 0 radical (unpaired) electrons. The average molecular weight is 379 g/mol. The zero-order chi connectivity index (χ0) is 19.4. The smallest absolute Gasteiger partial charge is 0.229 e. The maximum Gasteiger partial charge on any atom is 0.229 e. The van der Waals surface area contributed by atoms with Crippen LogP contribution >= 0.6 is 0 Å². The molecular weight excluding hydrogens is 358 g/mol. The molecule has 0 amide bonds. The fraction of sp³-hybridized carbons (Fsp3) is 0.0909. The van der Waals surface area contributed by atoms with Gasteiger partial charge in [-0.2, -0.15) is 0 Å². The Morgan fingerprint density at radius 1 is 1.07 bits per heavy atom. The number of nitrogens with one attached hydrogen (secondary N) is 1. The van der Waals surface area contributed by atoms with Crippen LogP contribution in [0.2, 0.25) is 0 Å². The van der Waals surface area contributed by atoms with E-state index in [9.17, 15) is 13.5 Å². The van der Waals surface area contributed by atoms with Gasteiger partial charge in [0.15, 0.2) is 0 Å². The van der Waals surface area contributed by atoms with E-state index in [1.807, 2.05) is 60.7 Å². The number of fused-ring (bicyclic) bond motifs is 1. The van der Waals surface area contributed by atoms with Gasteiger partial charge < -0.3 is 5.11 Å². The summed E-state index contributed by atoms with van der Waals surface area (Å²) in [7, 11) is -3.50. The van der Waals surface area contributed by atoms with E-state index < -0.39 is 10.0 Å². The number of benzene rings is 3. The third-order valence-corrected chi connectivity index (χ3v) is 4.88. The van der Waals surface area contributed by atoms with Gasteiger partial charge >= 0.3 is 0 Å². The summed E-state index contributed by atoms with van der Waals surface area (Å²) in [6.07, 6.45) is 4.84. The molecule has 0 aliphatic heterocycles. The van der Waals surface area contributed by atoms with Gasteiger partial charge in [0, 0.05) is 22.9 Å². The van der Waals surface area contributed by atoms with Crippen LogP contribution in [0.3, 0.4) is 0 Å². The van der Waals surface area contributed by atoms with Crippen molar-refractivity contribution in [1.29, 1.82) is 0 Å². The number of allylic oxidation sites excluding steroid dienone is 1. The van der Waals surface area contributed by atoms with Gasteiger partial charge in [0.05, 0.1) is 6.26 Å². The Hall–Kier alpha value is -3.05. The summed E-state index contributed by atoms with van der Waals surface area (Å²) in [6.45, 7) is 3.73. The van der Waals surface area contributed by atoms with Gasteiger partial charge in [-0.05, 0) is 22.1 Å². The van der Waals surface area contributed by atoms with Crippen molar-refractivity contribution in [3.8, 4) is 5.75 Å². The lowest BCUT2D eigenvalue weighted by molar-refractivity contribution is 0.471. The van der Waals surface area contributed by atoms with Crippen LogP contribution in [0.5, 0.6) is 5.75 Å². The minimum absolute atomic E-state index is 0.131. The maximum atomic E-state index is 12.0. The van der Waals surface area contributed by atoms with Crippen LogP contribution < -0.4 is 15.2 Å². The molecule has 5 heteroatoms. The van der Waals surface area contributed by atoms with Gasteiger partial charge in [0.1, 0.15) is 5.75 Å². The van der Waals surface area contributed by atoms with E-state index >= 15 is 0 Å². The van der Waals surface area contributed by atoms with Crippen molar-refractivity contribution < 1.29 is 13.5 Å². The summed E-state index contributed by atoms with van der Waals surface area (Å²) in [5, 5.41) is 13.9.